The minimum absolute atomic E-state index is 0.0895. The molecule has 0 bridgehead atoms. The molecular weight excluding hydrogens is 534 g/mol. The van der Waals surface area contributed by atoms with Gasteiger partial charge in [-0.2, -0.15) is 0 Å². The Morgan fingerprint density at radius 1 is 0.865 bits per heavy atom. The van der Waals surface area contributed by atoms with Gasteiger partial charge in [0.2, 0.25) is 11.8 Å². The van der Waals surface area contributed by atoms with Crippen molar-refractivity contribution >= 4 is 39.6 Å². The van der Waals surface area contributed by atoms with Gasteiger partial charge < -0.3 is 10.2 Å². The summed E-state index contributed by atoms with van der Waals surface area (Å²) in [7, 11) is 1.56. The number of fused-ring (bicyclic) bond motifs is 1. The predicted octanol–water partition coefficient (Wildman–Crippen LogP) is 4.21. The van der Waals surface area contributed by atoms with Crippen LogP contribution in [0.1, 0.15) is 44.7 Å². The van der Waals surface area contributed by atoms with Crippen molar-refractivity contribution in [3.63, 3.8) is 0 Å². The summed E-state index contributed by atoms with van der Waals surface area (Å²) in [6.07, 6.45) is 0.750. The van der Waals surface area contributed by atoms with Crippen LogP contribution in [0.15, 0.2) is 83.3 Å². The zero-order valence-electron chi connectivity index (χ0n) is 20.5. The molecule has 1 N–H and O–H groups in total. The van der Waals surface area contributed by atoms with Crippen molar-refractivity contribution in [3.8, 4) is 0 Å². The van der Waals surface area contributed by atoms with E-state index >= 15 is 0 Å². The van der Waals surface area contributed by atoms with Crippen molar-refractivity contribution in [2.24, 2.45) is 0 Å². The number of nitrogens with zero attached hydrogens (tertiary/aromatic N) is 2. The maximum absolute atomic E-state index is 13.6. The number of carbonyl (C=O) groups excluding carboxylic acids is 4. The number of halogens is 1. The third-order valence-electron chi connectivity index (χ3n) is 6.43. The molecule has 0 spiro atoms. The summed E-state index contributed by atoms with van der Waals surface area (Å²) < 4.78 is 0.919. The fourth-order valence-electron chi connectivity index (χ4n) is 4.48. The molecule has 0 aromatic heterocycles. The predicted molar refractivity (Wildman–Crippen MR) is 144 cm³/mol. The molecule has 1 aliphatic rings. The zero-order valence-corrected chi connectivity index (χ0v) is 22.1. The first kappa shape index (κ1) is 26.3. The van der Waals surface area contributed by atoms with Gasteiger partial charge in [-0.05, 0) is 41.8 Å². The van der Waals surface area contributed by atoms with E-state index in [4.69, 9.17) is 0 Å². The third kappa shape index (κ3) is 6.14. The zero-order chi connectivity index (χ0) is 26.4. The van der Waals surface area contributed by atoms with Crippen LogP contribution in [0, 0.1) is 0 Å². The molecule has 3 aromatic rings. The first-order valence-electron chi connectivity index (χ1n) is 12.1. The molecule has 4 amide bonds. The van der Waals surface area contributed by atoms with Crippen molar-refractivity contribution in [2.75, 3.05) is 13.6 Å². The number of nitrogens with one attached hydrogen (secondary N) is 1. The summed E-state index contributed by atoms with van der Waals surface area (Å²) >= 11 is 3.43. The van der Waals surface area contributed by atoms with Gasteiger partial charge in [0.15, 0.2) is 0 Å². The van der Waals surface area contributed by atoms with E-state index in [1.54, 1.807) is 36.2 Å². The van der Waals surface area contributed by atoms with E-state index < -0.39 is 6.04 Å². The Balaban J connectivity index is 1.51. The van der Waals surface area contributed by atoms with Crippen molar-refractivity contribution < 1.29 is 19.2 Å². The molecule has 0 saturated heterocycles. The van der Waals surface area contributed by atoms with Gasteiger partial charge in [0.1, 0.15) is 6.04 Å². The third-order valence-corrected chi connectivity index (χ3v) is 6.96. The van der Waals surface area contributed by atoms with Crippen molar-refractivity contribution in [2.45, 2.75) is 31.8 Å². The van der Waals surface area contributed by atoms with Gasteiger partial charge >= 0.3 is 0 Å². The maximum atomic E-state index is 13.6. The number of benzene rings is 3. The largest absolute Gasteiger partial charge is 0.357 e. The van der Waals surface area contributed by atoms with E-state index in [0.29, 0.717) is 24.0 Å². The van der Waals surface area contributed by atoms with Crippen LogP contribution < -0.4 is 5.32 Å². The van der Waals surface area contributed by atoms with Gasteiger partial charge in [0, 0.05) is 37.5 Å². The molecule has 0 saturated carbocycles. The molecule has 7 nitrogen and oxygen atoms in total. The Kier molecular flexibility index (Phi) is 8.50. The van der Waals surface area contributed by atoms with E-state index in [-0.39, 0.29) is 43.1 Å². The van der Waals surface area contributed by atoms with Crippen LogP contribution in [0.5, 0.6) is 0 Å². The second-order valence-electron chi connectivity index (χ2n) is 8.88. The molecule has 0 fully saturated rings. The maximum Gasteiger partial charge on any atom is 0.261 e. The summed E-state index contributed by atoms with van der Waals surface area (Å²) in [5.41, 5.74) is 2.60. The molecule has 1 heterocycles. The Labute approximate surface area is 224 Å². The van der Waals surface area contributed by atoms with Crippen LogP contribution in [0.4, 0.5) is 0 Å². The molecule has 4 rings (SSSR count). The molecule has 0 unspecified atom stereocenters. The van der Waals surface area contributed by atoms with E-state index in [9.17, 15) is 19.2 Å². The van der Waals surface area contributed by atoms with Crippen LogP contribution >= 0.6 is 15.9 Å². The lowest BCUT2D eigenvalue weighted by Crippen LogP contribution is -2.49. The number of amides is 4. The first-order valence-corrected chi connectivity index (χ1v) is 12.9. The number of hydrogen-bond acceptors (Lipinski definition) is 4. The average molecular weight is 562 g/mol. The average Bonchev–Trinajstić information content (AvgIpc) is 3.16. The number of likely N-dealkylation sites (N-methyl/N-ethyl adjacent to an activating group) is 1. The molecule has 3 aromatic carbocycles. The quantitative estimate of drug-likeness (QED) is 0.375. The van der Waals surface area contributed by atoms with Gasteiger partial charge in [0.25, 0.3) is 11.8 Å². The number of rotatable bonds is 10. The number of hydrogen-bond donors (Lipinski definition) is 1. The van der Waals surface area contributed by atoms with Gasteiger partial charge in [-0.15, -0.1) is 0 Å². The van der Waals surface area contributed by atoms with Gasteiger partial charge in [-0.25, -0.2) is 0 Å². The van der Waals surface area contributed by atoms with Crippen LogP contribution in [0.25, 0.3) is 0 Å². The van der Waals surface area contributed by atoms with E-state index in [0.717, 1.165) is 15.6 Å². The Morgan fingerprint density at radius 2 is 1.46 bits per heavy atom. The minimum atomic E-state index is -0.720. The summed E-state index contributed by atoms with van der Waals surface area (Å²) in [5.74, 6) is -1.15. The smallest absolute Gasteiger partial charge is 0.261 e. The minimum Gasteiger partial charge on any atom is -0.357 e. The SMILES string of the molecule is CNC(=O)[C@@H](Cc1ccccc1)N(Cc1ccc(Br)cc1)C(=O)CCCN1C(=O)c2ccccc2C1=O. The molecule has 190 valence electrons. The van der Waals surface area contributed by atoms with Crippen molar-refractivity contribution in [1.82, 2.24) is 15.1 Å². The summed E-state index contributed by atoms with van der Waals surface area (Å²) in [4.78, 5) is 54.7. The topological polar surface area (TPSA) is 86.8 Å². The van der Waals surface area contributed by atoms with E-state index in [1.165, 1.54) is 4.90 Å². The highest BCUT2D eigenvalue weighted by Crippen LogP contribution is 2.23. The molecule has 1 aliphatic heterocycles. The van der Waals surface area contributed by atoms with Crippen LogP contribution in [-0.2, 0) is 22.6 Å². The summed E-state index contributed by atoms with van der Waals surface area (Å²) in [6.45, 7) is 0.386. The summed E-state index contributed by atoms with van der Waals surface area (Å²) in [5, 5.41) is 2.70. The standard InChI is InChI=1S/C29H28BrN3O4/c1-31-27(35)25(18-20-8-3-2-4-9-20)33(19-21-13-15-22(30)16-14-21)26(34)12-7-17-32-28(36)23-10-5-6-11-24(23)29(32)37/h2-6,8-11,13-16,25H,7,12,17-19H2,1H3,(H,31,35)/t25-/m1/s1. The van der Waals surface area contributed by atoms with E-state index in [2.05, 4.69) is 21.2 Å². The Hall–Kier alpha value is -3.78. The second kappa shape index (κ2) is 12.0. The lowest BCUT2D eigenvalue weighted by Gasteiger charge is -2.31. The lowest BCUT2D eigenvalue weighted by molar-refractivity contribution is -0.141. The van der Waals surface area contributed by atoms with Gasteiger partial charge in [0.05, 0.1) is 11.1 Å². The van der Waals surface area contributed by atoms with Crippen LogP contribution in [-0.4, -0.2) is 53.1 Å². The molecule has 37 heavy (non-hydrogen) atoms. The molecule has 1 atom stereocenters. The molecule has 0 aliphatic carbocycles. The van der Waals surface area contributed by atoms with Gasteiger partial charge in [-0.1, -0.05) is 70.5 Å². The van der Waals surface area contributed by atoms with E-state index in [1.807, 2.05) is 54.6 Å². The first-order chi connectivity index (χ1) is 17.9. The summed E-state index contributed by atoms with van der Waals surface area (Å²) in [6, 6.07) is 23.2. The number of carbonyl (C=O) groups is 4. The van der Waals surface area contributed by atoms with Crippen molar-refractivity contribution in [1.29, 1.82) is 0 Å². The number of imide groups is 1. The molecule has 8 heteroatoms. The van der Waals surface area contributed by atoms with Crippen LogP contribution in [0.3, 0.4) is 0 Å². The highest BCUT2D eigenvalue weighted by atomic mass is 79.9. The highest BCUT2D eigenvalue weighted by Gasteiger charge is 2.35. The van der Waals surface area contributed by atoms with Crippen LogP contribution in [0.2, 0.25) is 0 Å². The fraction of sp³-hybridized carbons (Fsp3) is 0.241. The normalized spacial score (nSPS) is 13.3. The lowest BCUT2D eigenvalue weighted by atomic mass is 10.0. The Bertz CT molecular complexity index is 1260. The highest BCUT2D eigenvalue weighted by molar-refractivity contribution is 9.10. The molecule has 0 radical (unpaired) electrons. The molecular formula is C29H28BrN3O4. The monoisotopic (exact) mass is 561 g/mol. The Morgan fingerprint density at radius 3 is 2.05 bits per heavy atom. The second-order valence-corrected chi connectivity index (χ2v) is 9.79. The fourth-order valence-corrected chi connectivity index (χ4v) is 4.75. The van der Waals surface area contributed by atoms with Gasteiger partial charge in [-0.3, -0.25) is 24.1 Å². The van der Waals surface area contributed by atoms with Crippen molar-refractivity contribution in [3.05, 3.63) is 106 Å².